The number of rotatable bonds is 4. The highest BCUT2D eigenvalue weighted by Crippen LogP contribution is 2.16. The molecule has 122 valence electrons. The van der Waals surface area contributed by atoms with Gasteiger partial charge in [0.25, 0.3) is 0 Å². The zero-order valence-corrected chi connectivity index (χ0v) is 11.6. The second-order valence-corrected chi connectivity index (χ2v) is 5.18. The lowest BCUT2D eigenvalue weighted by Gasteiger charge is -2.31. The SMILES string of the molecule is O=C(Cc1c(F)cc(F)cc1F)NC[C@@H]1COC[C@@H](O)[C@H]1O. The summed E-state index contributed by atoms with van der Waals surface area (Å²) in [4.78, 5) is 11.7. The summed E-state index contributed by atoms with van der Waals surface area (Å²) in [6, 6.07) is 1.00. The van der Waals surface area contributed by atoms with E-state index in [1.807, 2.05) is 0 Å². The Bertz CT molecular complexity index is 532. The van der Waals surface area contributed by atoms with Gasteiger partial charge in [-0.25, -0.2) is 13.2 Å². The summed E-state index contributed by atoms with van der Waals surface area (Å²) in [5, 5.41) is 21.5. The van der Waals surface area contributed by atoms with Gasteiger partial charge in [-0.2, -0.15) is 0 Å². The Balaban J connectivity index is 1.91. The number of carbonyl (C=O) groups is 1. The van der Waals surface area contributed by atoms with E-state index in [4.69, 9.17) is 4.74 Å². The van der Waals surface area contributed by atoms with Crippen LogP contribution in [-0.2, 0) is 16.0 Å². The van der Waals surface area contributed by atoms with E-state index in [0.29, 0.717) is 12.1 Å². The zero-order chi connectivity index (χ0) is 16.3. The van der Waals surface area contributed by atoms with Gasteiger partial charge in [0.1, 0.15) is 23.6 Å². The predicted octanol–water partition coefficient (Wildman–Crippen LogP) is 0.131. The fourth-order valence-corrected chi connectivity index (χ4v) is 2.24. The number of ether oxygens (including phenoxy) is 1. The molecular formula is C14H16F3NO4. The molecule has 1 amide bonds. The van der Waals surface area contributed by atoms with Gasteiger partial charge in [0.2, 0.25) is 5.91 Å². The van der Waals surface area contributed by atoms with Gasteiger partial charge in [-0.1, -0.05) is 0 Å². The molecule has 1 heterocycles. The number of hydrogen-bond acceptors (Lipinski definition) is 4. The van der Waals surface area contributed by atoms with E-state index in [2.05, 4.69) is 5.32 Å². The lowest BCUT2D eigenvalue weighted by Crippen LogP contribution is -2.48. The number of aliphatic hydroxyl groups excluding tert-OH is 2. The highest BCUT2D eigenvalue weighted by molar-refractivity contribution is 5.78. The van der Waals surface area contributed by atoms with Crippen molar-refractivity contribution in [1.29, 1.82) is 0 Å². The number of hydrogen-bond donors (Lipinski definition) is 3. The van der Waals surface area contributed by atoms with Crippen molar-refractivity contribution in [1.82, 2.24) is 5.32 Å². The number of halogens is 3. The highest BCUT2D eigenvalue weighted by Gasteiger charge is 2.31. The number of benzene rings is 1. The molecule has 22 heavy (non-hydrogen) atoms. The first-order chi connectivity index (χ1) is 10.4. The molecule has 1 aliphatic heterocycles. The second kappa shape index (κ2) is 7.08. The van der Waals surface area contributed by atoms with Crippen LogP contribution in [0.15, 0.2) is 12.1 Å². The summed E-state index contributed by atoms with van der Waals surface area (Å²) in [7, 11) is 0. The Morgan fingerprint density at radius 3 is 2.50 bits per heavy atom. The molecule has 1 saturated heterocycles. The molecule has 2 rings (SSSR count). The Morgan fingerprint density at radius 2 is 1.86 bits per heavy atom. The fraction of sp³-hybridized carbons (Fsp3) is 0.500. The van der Waals surface area contributed by atoms with Crippen molar-refractivity contribution in [2.75, 3.05) is 19.8 Å². The minimum Gasteiger partial charge on any atom is -0.390 e. The van der Waals surface area contributed by atoms with Gasteiger partial charge in [0.05, 0.1) is 25.7 Å². The molecule has 1 aromatic rings. The predicted molar refractivity (Wildman–Crippen MR) is 69.4 cm³/mol. The van der Waals surface area contributed by atoms with Gasteiger partial charge >= 0.3 is 0 Å². The number of nitrogens with one attached hydrogen (secondary N) is 1. The molecule has 0 spiro atoms. The molecule has 3 atom stereocenters. The molecule has 0 radical (unpaired) electrons. The van der Waals surface area contributed by atoms with E-state index in [1.165, 1.54) is 0 Å². The number of amides is 1. The third kappa shape index (κ3) is 3.96. The molecule has 0 bridgehead atoms. The zero-order valence-electron chi connectivity index (χ0n) is 11.6. The topological polar surface area (TPSA) is 78.8 Å². The van der Waals surface area contributed by atoms with Crippen LogP contribution in [0.2, 0.25) is 0 Å². The van der Waals surface area contributed by atoms with Crippen molar-refractivity contribution in [3.63, 3.8) is 0 Å². The molecule has 1 aliphatic rings. The molecule has 5 nitrogen and oxygen atoms in total. The summed E-state index contributed by atoms with van der Waals surface area (Å²) in [5.74, 6) is -4.53. The van der Waals surface area contributed by atoms with Gasteiger partial charge in [0.15, 0.2) is 0 Å². The number of aliphatic hydroxyl groups is 2. The summed E-state index contributed by atoms with van der Waals surface area (Å²) >= 11 is 0. The van der Waals surface area contributed by atoms with Gasteiger partial charge < -0.3 is 20.3 Å². The van der Waals surface area contributed by atoms with Crippen molar-refractivity contribution >= 4 is 5.91 Å². The normalized spacial score (nSPS) is 25.0. The van der Waals surface area contributed by atoms with E-state index < -0.39 is 53.5 Å². The van der Waals surface area contributed by atoms with Crippen molar-refractivity contribution in [2.45, 2.75) is 18.6 Å². The molecular weight excluding hydrogens is 303 g/mol. The highest BCUT2D eigenvalue weighted by atomic mass is 19.1. The molecule has 0 saturated carbocycles. The molecule has 0 aliphatic carbocycles. The van der Waals surface area contributed by atoms with Crippen LogP contribution in [0.4, 0.5) is 13.2 Å². The van der Waals surface area contributed by atoms with Gasteiger partial charge in [-0.05, 0) is 0 Å². The fourth-order valence-electron chi connectivity index (χ4n) is 2.24. The van der Waals surface area contributed by atoms with Crippen LogP contribution in [-0.4, -0.2) is 48.1 Å². The molecule has 1 fully saturated rings. The van der Waals surface area contributed by atoms with Crippen LogP contribution in [0.5, 0.6) is 0 Å². The molecule has 0 aromatic heterocycles. The van der Waals surface area contributed by atoms with E-state index in [9.17, 15) is 28.2 Å². The molecule has 0 unspecified atom stereocenters. The van der Waals surface area contributed by atoms with Gasteiger partial charge in [-0.3, -0.25) is 4.79 Å². The maximum Gasteiger partial charge on any atom is 0.224 e. The van der Waals surface area contributed by atoms with Crippen LogP contribution >= 0.6 is 0 Å². The first-order valence-corrected chi connectivity index (χ1v) is 6.72. The Hall–Kier alpha value is -1.64. The third-order valence-corrected chi connectivity index (χ3v) is 3.50. The van der Waals surface area contributed by atoms with Crippen LogP contribution in [0.3, 0.4) is 0 Å². The maximum atomic E-state index is 13.4. The minimum atomic E-state index is -1.14. The summed E-state index contributed by atoms with van der Waals surface area (Å²) in [6.45, 7) is 0.150. The van der Waals surface area contributed by atoms with E-state index in [-0.39, 0.29) is 19.8 Å². The average molecular weight is 319 g/mol. The lowest BCUT2D eigenvalue weighted by atomic mass is 9.96. The summed E-state index contributed by atoms with van der Waals surface area (Å²) in [6.07, 6.45) is -2.68. The van der Waals surface area contributed by atoms with Crippen molar-refractivity contribution < 1.29 is 32.9 Å². The Labute approximate surface area is 124 Å². The van der Waals surface area contributed by atoms with E-state index >= 15 is 0 Å². The summed E-state index contributed by atoms with van der Waals surface area (Å²) in [5.41, 5.74) is -0.528. The second-order valence-electron chi connectivity index (χ2n) is 5.18. The minimum absolute atomic E-state index is 0.0115. The van der Waals surface area contributed by atoms with E-state index in [1.54, 1.807) is 0 Å². The van der Waals surface area contributed by atoms with Crippen molar-refractivity contribution in [2.24, 2.45) is 5.92 Å². The quantitative estimate of drug-likeness (QED) is 0.737. The Kier molecular flexibility index (Phi) is 5.38. The maximum absolute atomic E-state index is 13.4. The van der Waals surface area contributed by atoms with Crippen LogP contribution in [0.25, 0.3) is 0 Å². The largest absolute Gasteiger partial charge is 0.390 e. The lowest BCUT2D eigenvalue weighted by molar-refractivity contribution is -0.127. The summed E-state index contributed by atoms with van der Waals surface area (Å²) < 4.78 is 44.7. The van der Waals surface area contributed by atoms with Crippen molar-refractivity contribution in [3.8, 4) is 0 Å². The Morgan fingerprint density at radius 1 is 1.23 bits per heavy atom. The van der Waals surface area contributed by atoms with Crippen LogP contribution < -0.4 is 5.32 Å². The van der Waals surface area contributed by atoms with Crippen molar-refractivity contribution in [3.05, 3.63) is 35.1 Å². The molecule has 8 heteroatoms. The first-order valence-electron chi connectivity index (χ1n) is 6.72. The number of carbonyl (C=O) groups excluding carboxylic acids is 1. The average Bonchev–Trinajstić information content (AvgIpc) is 2.44. The molecule has 3 N–H and O–H groups in total. The first kappa shape index (κ1) is 16.7. The third-order valence-electron chi connectivity index (χ3n) is 3.50. The van der Waals surface area contributed by atoms with Gasteiger partial charge in [-0.15, -0.1) is 0 Å². The smallest absolute Gasteiger partial charge is 0.224 e. The van der Waals surface area contributed by atoms with Crippen LogP contribution in [0, 0.1) is 23.4 Å². The standard InChI is InChI=1S/C14H16F3NO4/c15-8-1-10(16)9(11(17)2-8)3-13(20)18-4-7-5-22-6-12(19)14(7)21/h1-2,7,12,14,19,21H,3-6H2,(H,18,20)/t7-,12-,14+/m1/s1. The monoisotopic (exact) mass is 319 g/mol. The van der Waals surface area contributed by atoms with Gasteiger partial charge in [0, 0.05) is 30.2 Å². The van der Waals surface area contributed by atoms with Crippen LogP contribution in [0.1, 0.15) is 5.56 Å². The molecule has 1 aromatic carbocycles. The van der Waals surface area contributed by atoms with E-state index in [0.717, 1.165) is 0 Å².